The van der Waals surface area contributed by atoms with Gasteiger partial charge in [-0.2, -0.15) is 0 Å². The molecule has 2 unspecified atom stereocenters. The Kier molecular flexibility index (Phi) is 1.95. The number of carbonyl (C=O) groups excluding carboxylic acids is 3. The fraction of sp³-hybridized carbons (Fsp3) is 0.727. The maximum absolute atomic E-state index is 12.2. The molecular formula is C11H14N2O3. The van der Waals surface area contributed by atoms with Crippen molar-refractivity contribution in [1.29, 1.82) is 0 Å². The number of amides is 2. The third kappa shape index (κ3) is 1.18. The molecule has 1 spiro atoms. The molecule has 2 aliphatic heterocycles. The fourth-order valence-electron chi connectivity index (χ4n) is 2.83. The molecule has 2 amide bonds. The Morgan fingerprint density at radius 3 is 2.50 bits per heavy atom. The van der Waals surface area contributed by atoms with Gasteiger partial charge in [0, 0.05) is 0 Å². The van der Waals surface area contributed by atoms with Crippen molar-refractivity contribution in [3.05, 3.63) is 0 Å². The Morgan fingerprint density at radius 2 is 1.94 bits per heavy atom. The van der Waals surface area contributed by atoms with Crippen molar-refractivity contribution in [2.24, 2.45) is 17.3 Å². The second-order valence-electron chi connectivity index (χ2n) is 5.00. The summed E-state index contributed by atoms with van der Waals surface area (Å²) >= 11 is 0. The Labute approximate surface area is 93.0 Å². The molecule has 2 N–H and O–H groups in total. The van der Waals surface area contributed by atoms with Gasteiger partial charge in [0.05, 0.1) is 0 Å². The molecule has 0 aromatic carbocycles. The van der Waals surface area contributed by atoms with Gasteiger partial charge in [-0.1, -0.05) is 0 Å². The molecule has 2 heterocycles. The van der Waals surface area contributed by atoms with E-state index in [9.17, 15) is 14.4 Å². The maximum atomic E-state index is 12.2. The maximum Gasteiger partial charge on any atom is 0.240 e. The molecule has 3 fully saturated rings. The molecule has 1 saturated carbocycles. The van der Waals surface area contributed by atoms with Gasteiger partial charge in [-0.05, 0) is 38.3 Å². The minimum Gasteiger partial charge on any atom is -0.316 e. The Hall–Kier alpha value is -1.23. The summed E-state index contributed by atoms with van der Waals surface area (Å²) in [6.45, 7) is 1.55. The van der Waals surface area contributed by atoms with Gasteiger partial charge in [-0.25, -0.2) is 0 Å². The Bertz CT molecular complexity index is 381. The summed E-state index contributed by atoms with van der Waals surface area (Å²) in [6, 6.07) is 0. The quantitative estimate of drug-likeness (QED) is 0.451. The van der Waals surface area contributed by atoms with Gasteiger partial charge in [0.2, 0.25) is 11.8 Å². The summed E-state index contributed by atoms with van der Waals surface area (Å²) < 4.78 is 0. The molecular weight excluding hydrogens is 208 g/mol. The molecule has 5 heteroatoms. The number of ketones is 1. The van der Waals surface area contributed by atoms with E-state index in [1.54, 1.807) is 0 Å². The highest BCUT2D eigenvalue weighted by Gasteiger charge is 2.63. The van der Waals surface area contributed by atoms with Gasteiger partial charge in [0.15, 0.2) is 5.78 Å². The summed E-state index contributed by atoms with van der Waals surface area (Å²) in [5.41, 5.74) is -0.832. The topological polar surface area (TPSA) is 75.3 Å². The zero-order valence-corrected chi connectivity index (χ0v) is 8.91. The highest BCUT2D eigenvalue weighted by Crippen LogP contribution is 2.51. The van der Waals surface area contributed by atoms with E-state index in [-0.39, 0.29) is 23.5 Å². The van der Waals surface area contributed by atoms with E-state index in [0.29, 0.717) is 19.4 Å². The molecule has 0 aromatic heterocycles. The van der Waals surface area contributed by atoms with Gasteiger partial charge >= 0.3 is 0 Å². The number of Topliss-reactive ketones (excluding diaryl/α,β-unsaturated/α-hetero) is 1. The fourth-order valence-corrected chi connectivity index (χ4v) is 2.83. The molecule has 5 nitrogen and oxygen atoms in total. The molecule has 0 bridgehead atoms. The Balaban J connectivity index is 1.89. The van der Waals surface area contributed by atoms with Crippen molar-refractivity contribution in [3.8, 4) is 0 Å². The predicted molar refractivity (Wildman–Crippen MR) is 54.3 cm³/mol. The SMILES string of the molecule is O=C1NC(=O)C2(CC2)C(=O)C1C1CCNC1. The number of hydrogen-bond acceptors (Lipinski definition) is 4. The second-order valence-corrected chi connectivity index (χ2v) is 5.00. The third-order valence-electron chi connectivity index (χ3n) is 4.03. The number of hydrogen-bond donors (Lipinski definition) is 2. The minimum absolute atomic E-state index is 0.0677. The molecule has 1 aliphatic carbocycles. The van der Waals surface area contributed by atoms with Gasteiger partial charge in [0.25, 0.3) is 0 Å². The first kappa shape index (κ1) is 9.96. The minimum atomic E-state index is -0.832. The van der Waals surface area contributed by atoms with Crippen LogP contribution in [0.4, 0.5) is 0 Å². The van der Waals surface area contributed by atoms with Crippen LogP contribution >= 0.6 is 0 Å². The van der Waals surface area contributed by atoms with Crippen LogP contribution in [0.1, 0.15) is 19.3 Å². The van der Waals surface area contributed by atoms with Crippen LogP contribution in [0, 0.1) is 17.3 Å². The lowest BCUT2D eigenvalue weighted by Gasteiger charge is -2.29. The highest BCUT2D eigenvalue weighted by molar-refractivity contribution is 6.24. The van der Waals surface area contributed by atoms with Crippen molar-refractivity contribution in [2.45, 2.75) is 19.3 Å². The van der Waals surface area contributed by atoms with Gasteiger partial charge in [0.1, 0.15) is 11.3 Å². The van der Waals surface area contributed by atoms with Crippen LogP contribution in [0.5, 0.6) is 0 Å². The lowest BCUT2D eigenvalue weighted by molar-refractivity contribution is -0.151. The third-order valence-corrected chi connectivity index (χ3v) is 4.03. The van der Waals surface area contributed by atoms with Crippen LogP contribution < -0.4 is 10.6 Å². The monoisotopic (exact) mass is 222 g/mol. The summed E-state index contributed by atoms with van der Waals surface area (Å²) in [4.78, 5) is 35.5. The number of carbonyl (C=O) groups is 3. The largest absolute Gasteiger partial charge is 0.316 e. The van der Waals surface area contributed by atoms with E-state index in [0.717, 1.165) is 13.0 Å². The first-order valence-electron chi connectivity index (χ1n) is 5.75. The van der Waals surface area contributed by atoms with Gasteiger partial charge in [-0.15, -0.1) is 0 Å². The molecule has 2 saturated heterocycles. The normalized spacial score (nSPS) is 36.6. The zero-order valence-electron chi connectivity index (χ0n) is 8.91. The molecule has 3 aliphatic rings. The number of nitrogens with one attached hydrogen (secondary N) is 2. The van der Waals surface area contributed by atoms with Crippen molar-refractivity contribution in [1.82, 2.24) is 10.6 Å². The molecule has 16 heavy (non-hydrogen) atoms. The van der Waals surface area contributed by atoms with Crippen molar-refractivity contribution in [2.75, 3.05) is 13.1 Å². The number of piperidine rings is 1. The summed E-state index contributed by atoms with van der Waals surface area (Å²) in [6.07, 6.45) is 2.07. The van der Waals surface area contributed by atoms with E-state index in [4.69, 9.17) is 0 Å². The first-order chi connectivity index (χ1) is 7.65. The van der Waals surface area contributed by atoms with E-state index in [2.05, 4.69) is 10.6 Å². The van der Waals surface area contributed by atoms with Crippen molar-refractivity contribution >= 4 is 17.6 Å². The van der Waals surface area contributed by atoms with E-state index in [1.807, 2.05) is 0 Å². The molecule has 86 valence electrons. The smallest absolute Gasteiger partial charge is 0.240 e. The van der Waals surface area contributed by atoms with Crippen molar-refractivity contribution < 1.29 is 14.4 Å². The molecule has 3 rings (SSSR count). The number of imide groups is 1. The standard InChI is InChI=1S/C11H14N2O3/c14-8-7(6-1-4-12-5-6)9(15)13-10(16)11(8)2-3-11/h6-7,12H,1-5H2,(H,13,15,16). The molecule has 0 aromatic rings. The first-order valence-corrected chi connectivity index (χ1v) is 5.75. The Morgan fingerprint density at radius 1 is 1.19 bits per heavy atom. The summed E-state index contributed by atoms with van der Waals surface area (Å²) in [5, 5.41) is 5.52. The van der Waals surface area contributed by atoms with Crippen LogP contribution in [-0.2, 0) is 14.4 Å². The lowest BCUT2D eigenvalue weighted by atomic mass is 9.77. The van der Waals surface area contributed by atoms with Gasteiger partial charge in [-0.3, -0.25) is 19.7 Å². The average molecular weight is 222 g/mol. The number of rotatable bonds is 1. The van der Waals surface area contributed by atoms with E-state index < -0.39 is 11.3 Å². The lowest BCUT2D eigenvalue weighted by Crippen LogP contribution is -2.56. The van der Waals surface area contributed by atoms with Gasteiger partial charge < -0.3 is 5.32 Å². The van der Waals surface area contributed by atoms with Crippen LogP contribution in [-0.4, -0.2) is 30.7 Å². The van der Waals surface area contributed by atoms with Crippen LogP contribution in [0.2, 0.25) is 0 Å². The van der Waals surface area contributed by atoms with E-state index in [1.165, 1.54) is 0 Å². The molecule has 0 radical (unpaired) electrons. The van der Waals surface area contributed by atoms with Crippen LogP contribution in [0.25, 0.3) is 0 Å². The summed E-state index contributed by atoms with van der Waals surface area (Å²) in [7, 11) is 0. The van der Waals surface area contributed by atoms with E-state index >= 15 is 0 Å². The highest BCUT2D eigenvalue weighted by atomic mass is 16.2. The second kappa shape index (κ2) is 3.13. The average Bonchev–Trinajstić information content (AvgIpc) is 2.88. The van der Waals surface area contributed by atoms with Crippen LogP contribution in [0.15, 0.2) is 0 Å². The summed E-state index contributed by atoms with van der Waals surface area (Å²) in [5.74, 6) is -1.42. The van der Waals surface area contributed by atoms with Crippen LogP contribution in [0.3, 0.4) is 0 Å². The zero-order chi connectivity index (χ0) is 11.3. The van der Waals surface area contributed by atoms with Crippen molar-refractivity contribution in [3.63, 3.8) is 0 Å². The molecule has 2 atom stereocenters. The predicted octanol–water partition coefficient (Wildman–Crippen LogP) is -0.782.